The van der Waals surface area contributed by atoms with Crippen LogP contribution in [-0.4, -0.2) is 42.5 Å². The van der Waals surface area contributed by atoms with Gasteiger partial charge in [-0.15, -0.1) is 0 Å². The van der Waals surface area contributed by atoms with Gasteiger partial charge in [-0.3, -0.25) is 19.8 Å². The Morgan fingerprint density at radius 1 is 1.26 bits per heavy atom. The molecule has 0 bridgehead atoms. The maximum Gasteiger partial charge on any atom is 0.331 e. The molecular formula is C13H22N2O4. The van der Waals surface area contributed by atoms with E-state index in [2.05, 4.69) is 5.32 Å². The minimum atomic E-state index is -1.12. The number of rotatable bonds is 6. The number of barbiturate groups is 1. The summed E-state index contributed by atoms with van der Waals surface area (Å²) in [7, 11) is 1.57. The molecule has 0 aromatic heterocycles. The van der Waals surface area contributed by atoms with Crippen molar-refractivity contribution in [2.24, 2.45) is 5.41 Å². The van der Waals surface area contributed by atoms with Crippen LogP contribution in [0.2, 0.25) is 0 Å². The van der Waals surface area contributed by atoms with E-state index in [1.165, 1.54) is 0 Å². The van der Waals surface area contributed by atoms with Crippen molar-refractivity contribution in [2.75, 3.05) is 13.7 Å². The number of ether oxygens (including phenoxy) is 1. The van der Waals surface area contributed by atoms with Gasteiger partial charge in [-0.2, -0.15) is 0 Å². The highest BCUT2D eigenvalue weighted by Crippen LogP contribution is 2.33. The normalized spacial score (nSPS) is 20.4. The first kappa shape index (κ1) is 15.6. The van der Waals surface area contributed by atoms with Gasteiger partial charge in [0.25, 0.3) is 0 Å². The summed E-state index contributed by atoms with van der Waals surface area (Å²) in [5.41, 5.74) is -1.12. The van der Waals surface area contributed by atoms with E-state index in [1.54, 1.807) is 27.9 Å². The number of carbonyl (C=O) groups is 3. The molecule has 0 radical (unpaired) electrons. The summed E-state index contributed by atoms with van der Waals surface area (Å²) in [4.78, 5) is 37.5. The molecule has 0 aliphatic carbocycles. The number of methoxy groups -OCH3 is 1. The van der Waals surface area contributed by atoms with Crippen molar-refractivity contribution in [2.45, 2.75) is 46.1 Å². The second-order valence-corrected chi connectivity index (χ2v) is 4.85. The quantitative estimate of drug-likeness (QED) is 0.738. The van der Waals surface area contributed by atoms with E-state index in [0.29, 0.717) is 25.9 Å². The van der Waals surface area contributed by atoms with Gasteiger partial charge in [-0.1, -0.05) is 13.8 Å². The number of carbonyl (C=O) groups excluding carboxylic acids is 3. The van der Waals surface area contributed by atoms with Crippen molar-refractivity contribution in [1.29, 1.82) is 0 Å². The molecule has 1 heterocycles. The number of nitrogens with zero attached hydrogens (tertiary/aromatic N) is 1. The average molecular weight is 270 g/mol. The van der Waals surface area contributed by atoms with Crippen LogP contribution < -0.4 is 5.32 Å². The van der Waals surface area contributed by atoms with Crippen molar-refractivity contribution in [1.82, 2.24) is 10.2 Å². The van der Waals surface area contributed by atoms with E-state index in [-0.39, 0.29) is 6.04 Å². The van der Waals surface area contributed by atoms with Gasteiger partial charge in [-0.25, -0.2) is 4.79 Å². The summed E-state index contributed by atoms with van der Waals surface area (Å²) >= 11 is 0. The van der Waals surface area contributed by atoms with Crippen LogP contribution >= 0.6 is 0 Å². The zero-order valence-corrected chi connectivity index (χ0v) is 12.0. The fourth-order valence-corrected chi connectivity index (χ4v) is 2.39. The van der Waals surface area contributed by atoms with Gasteiger partial charge in [0.05, 0.1) is 0 Å². The molecular weight excluding hydrogens is 248 g/mol. The average Bonchev–Trinajstić information content (AvgIpc) is 2.37. The highest BCUT2D eigenvalue weighted by molar-refractivity contribution is 6.19. The van der Waals surface area contributed by atoms with Crippen molar-refractivity contribution in [3.63, 3.8) is 0 Å². The van der Waals surface area contributed by atoms with Gasteiger partial charge in [0, 0.05) is 19.8 Å². The predicted octanol–water partition coefficient (Wildman–Crippen LogP) is 1.30. The molecule has 19 heavy (non-hydrogen) atoms. The second-order valence-electron chi connectivity index (χ2n) is 4.85. The van der Waals surface area contributed by atoms with Gasteiger partial charge < -0.3 is 4.74 Å². The molecule has 0 aromatic rings. The zero-order valence-electron chi connectivity index (χ0n) is 12.0. The van der Waals surface area contributed by atoms with E-state index in [0.717, 1.165) is 4.90 Å². The maximum absolute atomic E-state index is 12.5. The van der Waals surface area contributed by atoms with Crippen molar-refractivity contribution >= 4 is 17.8 Å². The molecule has 1 rings (SSSR count). The van der Waals surface area contributed by atoms with E-state index < -0.39 is 23.3 Å². The van der Waals surface area contributed by atoms with Crippen molar-refractivity contribution in [3.8, 4) is 0 Å². The van der Waals surface area contributed by atoms with Gasteiger partial charge in [0.15, 0.2) is 0 Å². The van der Waals surface area contributed by atoms with Crippen LogP contribution in [-0.2, 0) is 14.3 Å². The Labute approximate surface area is 113 Å². The molecule has 1 fully saturated rings. The Balaban J connectivity index is 3.01. The molecule has 0 aromatic carbocycles. The number of nitrogens with one attached hydrogen (secondary N) is 1. The van der Waals surface area contributed by atoms with Crippen LogP contribution in [0.1, 0.15) is 40.0 Å². The van der Waals surface area contributed by atoms with Crippen molar-refractivity contribution in [3.05, 3.63) is 0 Å². The minimum absolute atomic E-state index is 0.293. The molecule has 1 saturated heterocycles. The Morgan fingerprint density at radius 2 is 1.84 bits per heavy atom. The van der Waals surface area contributed by atoms with E-state index in [9.17, 15) is 14.4 Å². The summed E-state index contributed by atoms with van der Waals surface area (Å²) in [6, 6.07) is -0.922. The standard InChI is InChI=1S/C13H22N2O4/c1-5-13(6-2)10(16)14-12(18)15(11(13)17)9(3)7-8-19-4/h9H,5-8H2,1-4H3,(H,14,16,18). The summed E-state index contributed by atoms with van der Waals surface area (Å²) in [6.07, 6.45) is 1.32. The molecule has 1 unspecified atom stereocenters. The Kier molecular flexibility index (Phi) is 5.05. The lowest BCUT2D eigenvalue weighted by atomic mass is 9.78. The summed E-state index contributed by atoms with van der Waals surface area (Å²) < 4.78 is 4.96. The van der Waals surface area contributed by atoms with E-state index >= 15 is 0 Å². The van der Waals surface area contributed by atoms with Crippen LogP contribution in [0.3, 0.4) is 0 Å². The lowest BCUT2D eigenvalue weighted by molar-refractivity contribution is -0.153. The monoisotopic (exact) mass is 270 g/mol. The molecule has 1 atom stereocenters. The first-order valence-electron chi connectivity index (χ1n) is 6.62. The largest absolute Gasteiger partial charge is 0.385 e. The number of hydrogen-bond acceptors (Lipinski definition) is 4. The SMILES string of the molecule is CCC1(CC)C(=O)NC(=O)N(C(C)CCOC)C1=O. The molecule has 1 aliphatic heterocycles. The van der Waals surface area contributed by atoms with Crippen molar-refractivity contribution < 1.29 is 19.1 Å². The zero-order chi connectivity index (χ0) is 14.6. The highest BCUT2D eigenvalue weighted by Gasteiger charge is 2.52. The summed E-state index contributed by atoms with van der Waals surface area (Å²) in [5.74, 6) is -0.877. The van der Waals surface area contributed by atoms with E-state index in [4.69, 9.17) is 4.74 Å². The van der Waals surface area contributed by atoms with Gasteiger partial charge >= 0.3 is 6.03 Å². The number of urea groups is 1. The Hall–Kier alpha value is -1.43. The van der Waals surface area contributed by atoms with Crippen LogP contribution in [0.15, 0.2) is 0 Å². The summed E-state index contributed by atoms with van der Waals surface area (Å²) in [5, 5.41) is 2.30. The minimum Gasteiger partial charge on any atom is -0.385 e. The topological polar surface area (TPSA) is 75.7 Å². The molecule has 1 N–H and O–H groups in total. The van der Waals surface area contributed by atoms with Crippen LogP contribution in [0.25, 0.3) is 0 Å². The van der Waals surface area contributed by atoms with Gasteiger partial charge in [-0.05, 0) is 26.2 Å². The third-order valence-corrected chi connectivity index (χ3v) is 3.89. The third kappa shape index (κ3) is 2.63. The Bertz CT molecular complexity index is 377. The molecule has 108 valence electrons. The number of hydrogen-bond donors (Lipinski definition) is 1. The summed E-state index contributed by atoms with van der Waals surface area (Å²) in [6.45, 7) is 5.81. The lowest BCUT2D eigenvalue weighted by Gasteiger charge is -2.40. The first-order chi connectivity index (χ1) is 8.94. The number of amides is 4. The molecule has 6 nitrogen and oxygen atoms in total. The lowest BCUT2D eigenvalue weighted by Crippen LogP contribution is -2.65. The van der Waals surface area contributed by atoms with E-state index in [1.807, 2.05) is 0 Å². The second kappa shape index (κ2) is 6.14. The molecule has 4 amide bonds. The van der Waals surface area contributed by atoms with Gasteiger partial charge in [0.2, 0.25) is 11.8 Å². The fraction of sp³-hybridized carbons (Fsp3) is 0.769. The predicted molar refractivity (Wildman–Crippen MR) is 69.4 cm³/mol. The Morgan fingerprint density at radius 3 is 2.32 bits per heavy atom. The van der Waals surface area contributed by atoms with Gasteiger partial charge in [0.1, 0.15) is 5.41 Å². The van der Waals surface area contributed by atoms with Crippen LogP contribution in [0, 0.1) is 5.41 Å². The highest BCUT2D eigenvalue weighted by atomic mass is 16.5. The fourth-order valence-electron chi connectivity index (χ4n) is 2.39. The smallest absolute Gasteiger partial charge is 0.331 e. The molecule has 0 saturated carbocycles. The number of imide groups is 2. The van der Waals surface area contributed by atoms with Crippen LogP contribution in [0.4, 0.5) is 4.79 Å². The molecule has 6 heteroatoms. The molecule has 1 aliphatic rings. The first-order valence-corrected chi connectivity index (χ1v) is 6.62. The third-order valence-electron chi connectivity index (χ3n) is 3.89. The molecule has 0 spiro atoms. The maximum atomic E-state index is 12.5. The van der Waals surface area contributed by atoms with Crippen LogP contribution in [0.5, 0.6) is 0 Å².